The highest BCUT2D eigenvalue weighted by atomic mass is 19.1. The molecule has 2 rings (SSSR count). The van der Waals surface area contributed by atoms with E-state index in [4.69, 9.17) is 5.11 Å². The Hall–Kier alpha value is -1.94. The van der Waals surface area contributed by atoms with Gasteiger partial charge in [0.2, 0.25) is 0 Å². The lowest BCUT2D eigenvalue weighted by atomic mass is 10.2. The molecule has 1 heterocycles. The highest BCUT2D eigenvalue weighted by Gasteiger charge is 2.09. The van der Waals surface area contributed by atoms with Gasteiger partial charge in [-0.15, -0.1) is 0 Å². The molecule has 0 aliphatic rings. The summed E-state index contributed by atoms with van der Waals surface area (Å²) in [6.45, 7) is 2.70. The third kappa shape index (κ3) is 2.65. The summed E-state index contributed by atoms with van der Waals surface area (Å²) in [6.07, 6.45) is 1.66. The van der Waals surface area contributed by atoms with E-state index >= 15 is 0 Å². The van der Waals surface area contributed by atoms with Gasteiger partial charge in [-0.3, -0.25) is 0 Å². The van der Waals surface area contributed by atoms with Crippen LogP contribution in [0.4, 0.5) is 15.9 Å². The standard InChI is InChI=1S/C14H15FN2O/c1-2-17(13-5-3-12(15)4-6-13)14-9-11(10-18)7-8-16-14/h3-9,18H,2,10H2,1H3. The lowest BCUT2D eigenvalue weighted by Crippen LogP contribution is -2.17. The van der Waals surface area contributed by atoms with Crippen LogP contribution in [-0.4, -0.2) is 16.6 Å². The predicted molar refractivity (Wildman–Crippen MR) is 69.2 cm³/mol. The van der Waals surface area contributed by atoms with Crippen molar-refractivity contribution in [3.63, 3.8) is 0 Å². The van der Waals surface area contributed by atoms with Crippen LogP contribution in [0.25, 0.3) is 0 Å². The molecule has 0 fully saturated rings. The second-order valence-corrected chi connectivity index (χ2v) is 3.90. The number of hydrogen-bond donors (Lipinski definition) is 1. The van der Waals surface area contributed by atoms with Crippen LogP contribution in [0.2, 0.25) is 0 Å². The molecule has 0 saturated carbocycles. The summed E-state index contributed by atoms with van der Waals surface area (Å²) in [7, 11) is 0. The van der Waals surface area contributed by atoms with Gasteiger partial charge < -0.3 is 10.0 Å². The van der Waals surface area contributed by atoms with Crippen LogP contribution in [0.5, 0.6) is 0 Å². The minimum absolute atomic E-state index is 0.0174. The smallest absolute Gasteiger partial charge is 0.133 e. The van der Waals surface area contributed by atoms with Gasteiger partial charge in [0.25, 0.3) is 0 Å². The Bertz CT molecular complexity index is 513. The largest absolute Gasteiger partial charge is 0.392 e. The first-order valence-electron chi connectivity index (χ1n) is 5.83. The van der Waals surface area contributed by atoms with Crippen molar-refractivity contribution < 1.29 is 9.50 Å². The first-order chi connectivity index (χ1) is 8.74. The number of anilines is 2. The van der Waals surface area contributed by atoms with Gasteiger partial charge in [-0.05, 0) is 48.9 Å². The third-order valence-electron chi connectivity index (χ3n) is 2.72. The Kier molecular flexibility index (Phi) is 3.89. The van der Waals surface area contributed by atoms with Gasteiger partial charge in [0, 0.05) is 18.4 Å². The average Bonchev–Trinajstić information content (AvgIpc) is 2.42. The first-order valence-corrected chi connectivity index (χ1v) is 5.83. The number of nitrogens with zero attached hydrogens (tertiary/aromatic N) is 2. The van der Waals surface area contributed by atoms with E-state index < -0.39 is 0 Å². The number of aliphatic hydroxyl groups excluding tert-OH is 1. The molecule has 1 N–H and O–H groups in total. The summed E-state index contributed by atoms with van der Waals surface area (Å²) >= 11 is 0. The summed E-state index contributed by atoms with van der Waals surface area (Å²) < 4.78 is 12.9. The molecule has 1 aromatic heterocycles. The van der Waals surface area contributed by atoms with Crippen molar-refractivity contribution in [3.05, 3.63) is 54.0 Å². The van der Waals surface area contributed by atoms with E-state index in [0.29, 0.717) is 6.54 Å². The monoisotopic (exact) mass is 246 g/mol. The maximum atomic E-state index is 12.9. The molecule has 0 aliphatic carbocycles. The molecule has 4 heteroatoms. The van der Waals surface area contributed by atoms with Crippen molar-refractivity contribution in [3.8, 4) is 0 Å². The minimum atomic E-state index is -0.258. The summed E-state index contributed by atoms with van der Waals surface area (Å²) in [6, 6.07) is 9.87. The van der Waals surface area contributed by atoms with Gasteiger partial charge in [0.1, 0.15) is 11.6 Å². The Morgan fingerprint density at radius 3 is 2.56 bits per heavy atom. The zero-order valence-electron chi connectivity index (χ0n) is 10.2. The number of rotatable bonds is 4. The Balaban J connectivity index is 2.35. The maximum Gasteiger partial charge on any atom is 0.133 e. The number of aliphatic hydroxyl groups is 1. The van der Waals surface area contributed by atoms with E-state index in [1.54, 1.807) is 24.4 Å². The van der Waals surface area contributed by atoms with E-state index in [2.05, 4.69) is 4.98 Å². The van der Waals surface area contributed by atoms with Crippen molar-refractivity contribution in [2.75, 3.05) is 11.4 Å². The molecule has 0 bridgehead atoms. The summed E-state index contributed by atoms with van der Waals surface area (Å²) in [4.78, 5) is 6.24. The zero-order valence-corrected chi connectivity index (χ0v) is 10.2. The highest BCUT2D eigenvalue weighted by molar-refractivity contribution is 5.60. The molecule has 2 aromatic rings. The summed E-state index contributed by atoms with van der Waals surface area (Å²) in [5.41, 5.74) is 1.68. The van der Waals surface area contributed by atoms with E-state index in [1.165, 1.54) is 12.1 Å². The molecule has 94 valence electrons. The second kappa shape index (κ2) is 5.60. The van der Waals surface area contributed by atoms with E-state index in [9.17, 15) is 4.39 Å². The topological polar surface area (TPSA) is 36.4 Å². The van der Waals surface area contributed by atoms with E-state index in [-0.39, 0.29) is 12.4 Å². The van der Waals surface area contributed by atoms with E-state index in [1.807, 2.05) is 17.9 Å². The summed E-state index contributed by atoms with van der Waals surface area (Å²) in [5, 5.41) is 9.13. The lowest BCUT2D eigenvalue weighted by molar-refractivity contribution is 0.282. The molecule has 0 atom stereocenters. The zero-order chi connectivity index (χ0) is 13.0. The normalized spacial score (nSPS) is 10.4. The molecule has 0 saturated heterocycles. The fourth-order valence-electron chi connectivity index (χ4n) is 1.80. The fraction of sp³-hybridized carbons (Fsp3) is 0.214. The second-order valence-electron chi connectivity index (χ2n) is 3.90. The third-order valence-corrected chi connectivity index (χ3v) is 2.72. The van der Waals surface area contributed by atoms with Crippen molar-refractivity contribution in [2.45, 2.75) is 13.5 Å². The van der Waals surface area contributed by atoms with Crippen molar-refractivity contribution in [2.24, 2.45) is 0 Å². The number of halogens is 1. The molecule has 0 aliphatic heterocycles. The first kappa shape index (κ1) is 12.5. The van der Waals surface area contributed by atoms with Crippen LogP contribution in [0, 0.1) is 5.82 Å². The molecular weight excluding hydrogens is 231 g/mol. The number of aromatic nitrogens is 1. The molecular formula is C14H15FN2O. The number of hydrogen-bond acceptors (Lipinski definition) is 3. The van der Waals surface area contributed by atoms with Gasteiger partial charge in [0.05, 0.1) is 6.61 Å². The number of benzene rings is 1. The molecule has 0 unspecified atom stereocenters. The van der Waals surface area contributed by atoms with Gasteiger partial charge >= 0.3 is 0 Å². The van der Waals surface area contributed by atoms with Crippen LogP contribution in [0.15, 0.2) is 42.6 Å². The molecule has 0 amide bonds. The Labute approximate surface area is 106 Å². The molecule has 0 spiro atoms. The Morgan fingerprint density at radius 2 is 1.94 bits per heavy atom. The van der Waals surface area contributed by atoms with Gasteiger partial charge in [-0.1, -0.05) is 0 Å². The molecule has 0 radical (unpaired) electrons. The average molecular weight is 246 g/mol. The van der Waals surface area contributed by atoms with Crippen molar-refractivity contribution in [1.82, 2.24) is 4.98 Å². The van der Waals surface area contributed by atoms with Gasteiger partial charge in [-0.2, -0.15) is 0 Å². The van der Waals surface area contributed by atoms with Crippen LogP contribution in [0.3, 0.4) is 0 Å². The predicted octanol–water partition coefficient (Wildman–Crippen LogP) is 2.87. The van der Waals surface area contributed by atoms with Gasteiger partial charge in [-0.25, -0.2) is 9.37 Å². The quantitative estimate of drug-likeness (QED) is 0.901. The molecule has 1 aromatic carbocycles. The van der Waals surface area contributed by atoms with Crippen molar-refractivity contribution >= 4 is 11.5 Å². The van der Waals surface area contributed by atoms with Crippen LogP contribution < -0.4 is 4.90 Å². The molecule has 18 heavy (non-hydrogen) atoms. The SMILES string of the molecule is CCN(c1ccc(F)cc1)c1cc(CO)ccn1. The summed E-state index contributed by atoms with van der Waals surface area (Å²) in [5.74, 6) is 0.488. The van der Waals surface area contributed by atoms with E-state index in [0.717, 1.165) is 17.1 Å². The van der Waals surface area contributed by atoms with Crippen molar-refractivity contribution in [1.29, 1.82) is 0 Å². The Morgan fingerprint density at radius 1 is 1.22 bits per heavy atom. The maximum absolute atomic E-state index is 12.9. The van der Waals surface area contributed by atoms with Gasteiger partial charge in [0.15, 0.2) is 0 Å². The lowest BCUT2D eigenvalue weighted by Gasteiger charge is -2.22. The van der Waals surface area contributed by atoms with Crippen LogP contribution in [-0.2, 0) is 6.61 Å². The minimum Gasteiger partial charge on any atom is -0.392 e. The number of pyridine rings is 1. The molecule has 3 nitrogen and oxygen atoms in total. The highest BCUT2D eigenvalue weighted by Crippen LogP contribution is 2.23. The van der Waals surface area contributed by atoms with Crippen LogP contribution in [0.1, 0.15) is 12.5 Å². The van der Waals surface area contributed by atoms with Crippen LogP contribution >= 0.6 is 0 Å². The fourth-order valence-corrected chi connectivity index (χ4v) is 1.80.